The molecule has 3 rings (SSSR count). The highest BCUT2D eigenvalue weighted by Crippen LogP contribution is 2.31. The van der Waals surface area contributed by atoms with E-state index in [9.17, 15) is 0 Å². The fraction of sp³-hybridized carbons (Fsp3) is 1.00. The number of likely N-dealkylation sites (tertiary alicyclic amines) is 1. The maximum Gasteiger partial charge on any atom is 0.0209 e. The number of nitrogens with one attached hydrogen (secondary N) is 2. The molecule has 1 saturated carbocycles. The van der Waals surface area contributed by atoms with E-state index in [4.69, 9.17) is 0 Å². The summed E-state index contributed by atoms with van der Waals surface area (Å²) in [6, 6.07) is 2.32. The van der Waals surface area contributed by atoms with Crippen LogP contribution in [0.4, 0.5) is 0 Å². The predicted molar refractivity (Wildman–Crippen MR) is 80.4 cm³/mol. The second-order valence-electron chi connectivity index (χ2n) is 7.03. The molecule has 0 aromatic rings. The van der Waals surface area contributed by atoms with Crippen LogP contribution in [0, 0.1) is 5.92 Å². The molecule has 3 fully saturated rings. The first-order valence-electron chi connectivity index (χ1n) is 8.51. The van der Waals surface area contributed by atoms with Crippen molar-refractivity contribution in [1.82, 2.24) is 15.5 Å². The molecule has 3 aliphatic rings. The van der Waals surface area contributed by atoms with E-state index < -0.39 is 0 Å². The van der Waals surface area contributed by atoms with Crippen molar-refractivity contribution in [3.05, 3.63) is 0 Å². The Hall–Kier alpha value is -0.120. The van der Waals surface area contributed by atoms with Gasteiger partial charge in [-0.05, 0) is 58.2 Å². The summed E-state index contributed by atoms with van der Waals surface area (Å²) in [4.78, 5) is 2.47. The molecule has 0 spiro atoms. The number of hydrogen-bond acceptors (Lipinski definition) is 3. The first-order valence-corrected chi connectivity index (χ1v) is 8.51. The van der Waals surface area contributed by atoms with Gasteiger partial charge < -0.3 is 15.5 Å². The minimum Gasteiger partial charge on any atom is -0.314 e. The summed E-state index contributed by atoms with van der Waals surface area (Å²) in [6.07, 6.45) is 11.3. The number of hydrogen-bond donors (Lipinski definition) is 2. The minimum atomic E-state index is 0.749. The van der Waals surface area contributed by atoms with Crippen LogP contribution in [0.5, 0.6) is 0 Å². The van der Waals surface area contributed by atoms with Gasteiger partial charge in [-0.2, -0.15) is 0 Å². The second kappa shape index (κ2) is 6.55. The Kier molecular flexibility index (Phi) is 4.78. The third-order valence-electron chi connectivity index (χ3n) is 5.53. The molecule has 4 atom stereocenters. The van der Waals surface area contributed by atoms with Gasteiger partial charge in [-0.25, -0.2) is 0 Å². The van der Waals surface area contributed by atoms with Crippen molar-refractivity contribution >= 4 is 0 Å². The van der Waals surface area contributed by atoms with E-state index in [1.54, 1.807) is 0 Å². The van der Waals surface area contributed by atoms with Gasteiger partial charge in [0, 0.05) is 24.7 Å². The lowest BCUT2D eigenvalue weighted by Gasteiger charge is -2.41. The number of rotatable bonds is 3. The fourth-order valence-electron chi connectivity index (χ4n) is 4.47. The van der Waals surface area contributed by atoms with E-state index in [2.05, 4.69) is 22.6 Å². The van der Waals surface area contributed by atoms with Crippen LogP contribution in [-0.2, 0) is 0 Å². The topological polar surface area (TPSA) is 27.3 Å². The third kappa shape index (κ3) is 3.50. The van der Waals surface area contributed by atoms with Crippen LogP contribution in [0.25, 0.3) is 0 Å². The largest absolute Gasteiger partial charge is 0.314 e. The Balaban J connectivity index is 1.57. The Bertz CT molecular complexity index is 275. The highest BCUT2D eigenvalue weighted by Gasteiger charge is 2.34. The van der Waals surface area contributed by atoms with Crippen LogP contribution in [0.15, 0.2) is 0 Å². The summed E-state index contributed by atoms with van der Waals surface area (Å²) in [5.74, 6) is 0.889. The zero-order valence-corrected chi connectivity index (χ0v) is 12.5. The van der Waals surface area contributed by atoms with Crippen LogP contribution in [-0.4, -0.2) is 49.7 Å². The predicted octanol–water partition coefficient (Wildman–Crippen LogP) is 1.98. The van der Waals surface area contributed by atoms with Gasteiger partial charge in [-0.15, -0.1) is 0 Å². The molecule has 0 radical (unpaired) electrons. The average Bonchev–Trinajstić information content (AvgIpc) is 2.86. The van der Waals surface area contributed by atoms with Crippen molar-refractivity contribution in [2.24, 2.45) is 5.92 Å². The summed E-state index contributed by atoms with van der Waals surface area (Å²) >= 11 is 0. The normalized spacial score (nSPS) is 41.5. The van der Waals surface area contributed by atoms with E-state index in [0.717, 1.165) is 24.0 Å². The van der Waals surface area contributed by atoms with Crippen LogP contribution in [0.2, 0.25) is 0 Å². The van der Waals surface area contributed by atoms with Gasteiger partial charge in [-0.3, -0.25) is 0 Å². The summed E-state index contributed by atoms with van der Waals surface area (Å²) in [7, 11) is 2.25. The third-order valence-corrected chi connectivity index (χ3v) is 5.53. The molecule has 3 heteroatoms. The summed E-state index contributed by atoms with van der Waals surface area (Å²) in [5, 5.41) is 7.82. The molecule has 2 saturated heterocycles. The molecule has 19 heavy (non-hydrogen) atoms. The van der Waals surface area contributed by atoms with Gasteiger partial charge in [0.1, 0.15) is 0 Å². The lowest BCUT2D eigenvalue weighted by molar-refractivity contribution is 0.172. The Morgan fingerprint density at radius 3 is 2.58 bits per heavy atom. The molecule has 0 aromatic heterocycles. The van der Waals surface area contributed by atoms with Crippen LogP contribution in [0.1, 0.15) is 51.4 Å². The Morgan fingerprint density at radius 2 is 1.84 bits per heavy atom. The number of piperidine rings is 1. The van der Waals surface area contributed by atoms with Crippen LogP contribution in [0.3, 0.4) is 0 Å². The van der Waals surface area contributed by atoms with Gasteiger partial charge in [-0.1, -0.05) is 19.3 Å². The number of nitrogens with zero attached hydrogens (tertiary/aromatic N) is 1. The van der Waals surface area contributed by atoms with E-state index >= 15 is 0 Å². The molecule has 0 aromatic carbocycles. The minimum absolute atomic E-state index is 0.749. The zero-order valence-electron chi connectivity index (χ0n) is 12.5. The molecule has 3 nitrogen and oxygen atoms in total. The maximum absolute atomic E-state index is 4.01. The van der Waals surface area contributed by atoms with Gasteiger partial charge in [0.2, 0.25) is 0 Å². The van der Waals surface area contributed by atoms with Crippen molar-refractivity contribution in [3.63, 3.8) is 0 Å². The standard InChI is InChI=1S/C16H31N3/c1-19-11-9-13(12-19)18-16-8-3-2-6-14(16)15-7-4-5-10-17-15/h13-18H,2-12H2,1H3. The molecule has 0 bridgehead atoms. The molecule has 1 aliphatic carbocycles. The molecular weight excluding hydrogens is 234 g/mol. The van der Waals surface area contributed by atoms with Gasteiger partial charge >= 0.3 is 0 Å². The highest BCUT2D eigenvalue weighted by molar-refractivity contribution is 4.93. The SMILES string of the molecule is CN1CCC(NC2CCCCC2C2CCCCN2)C1. The maximum atomic E-state index is 4.01. The monoisotopic (exact) mass is 265 g/mol. The molecule has 110 valence electrons. The van der Waals surface area contributed by atoms with Gasteiger partial charge in [0.25, 0.3) is 0 Å². The van der Waals surface area contributed by atoms with E-state index in [1.807, 2.05) is 0 Å². The lowest BCUT2D eigenvalue weighted by atomic mass is 9.77. The molecule has 0 amide bonds. The summed E-state index contributed by atoms with van der Waals surface area (Å²) in [5.41, 5.74) is 0. The van der Waals surface area contributed by atoms with Crippen molar-refractivity contribution in [2.75, 3.05) is 26.7 Å². The van der Waals surface area contributed by atoms with Crippen LogP contribution >= 0.6 is 0 Å². The van der Waals surface area contributed by atoms with E-state index in [1.165, 1.54) is 71.0 Å². The molecule has 2 N–H and O–H groups in total. The second-order valence-corrected chi connectivity index (χ2v) is 7.03. The highest BCUT2D eigenvalue weighted by atomic mass is 15.2. The first-order chi connectivity index (χ1) is 9.33. The molecular formula is C16H31N3. The Morgan fingerprint density at radius 1 is 1.00 bits per heavy atom. The smallest absolute Gasteiger partial charge is 0.0209 e. The summed E-state index contributed by atoms with van der Waals surface area (Å²) < 4.78 is 0. The first kappa shape index (κ1) is 13.8. The van der Waals surface area contributed by atoms with E-state index in [0.29, 0.717) is 0 Å². The van der Waals surface area contributed by atoms with Crippen molar-refractivity contribution in [2.45, 2.75) is 69.5 Å². The summed E-state index contributed by atoms with van der Waals surface area (Å²) in [6.45, 7) is 3.78. The van der Waals surface area contributed by atoms with Crippen molar-refractivity contribution in [1.29, 1.82) is 0 Å². The van der Waals surface area contributed by atoms with Gasteiger partial charge in [0.05, 0.1) is 0 Å². The Labute approximate surface area is 118 Å². The molecule has 4 unspecified atom stereocenters. The van der Waals surface area contributed by atoms with Crippen LogP contribution < -0.4 is 10.6 Å². The van der Waals surface area contributed by atoms with Crippen molar-refractivity contribution < 1.29 is 0 Å². The zero-order chi connectivity index (χ0) is 13.1. The van der Waals surface area contributed by atoms with Gasteiger partial charge in [0.15, 0.2) is 0 Å². The lowest BCUT2D eigenvalue weighted by Crippen LogP contribution is -2.53. The van der Waals surface area contributed by atoms with E-state index in [-0.39, 0.29) is 0 Å². The molecule has 2 heterocycles. The van der Waals surface area contributed by atoms with Crippen molar-refractivity contribution in [3.8, 4) is 0 Å². The fourth-order valence-corrected chi connectivity index (χ4v) is 4.47. The average molecular weight is 265 g/mol. The quantitative estimate of drug-likeness (QED) is 0.817. The number of likely N-dealkylation sites (N-methyl/N-ethyl adjacent to an activating group) is 1. The molecule has 2 aliphatic heterocycles.